The van der Waals surface area contributed by atoms with Gasteiger partial charge in [-0.2, -0.15) is 0 Å². The van der Waals surface area contributed by atoms with E-state index in [9.17, 15) is 9.59 Å². The number of halogens is 1. The number of aromatic nitrogens is 2. The van der Waals surface area contributed by atoms with Crippen LogP contribution in [0.3, 0.4) is 0 Å². The number of rotatable bonds is 5. The third kappa shape index (κ3) is 4.10. The molecule has 1 amide bonds. The lowest BCUT2D eigenvalue weighted by atomic mass is 10.2. The van der Waals surface area contributed by atoms with Gasteiger partial charge in [0.25, 0.3) is 5.56 Å². The molecular weight excluding hydrogens is 333 g/mol. The Morgan fingerprint density at radius 1 is 1.53 bits per heavy atom. The summed E-state index contributed by atoms with van der Waals surface area (Å²) in [5.41, 5.74) is -0.180. The molecule has 1 aromatic rings. The van der Waals surface area contributed by atoms with Crippen LogP contribution in [0.15, 0.2) is 17.3 Å². The second kappa shape index (κ2) is 6.73. The van der Waals surface area contributed by atoms with Crippen LogP contribution in [0.5, 0.6) is 0 Å². The molecule has 0 aromatic carbocycles. The van der Waals surface area contributed by atoms with E-state index in [0.717, 1.165) is 12.8 Å². The Labute approximate surface area is 114 Å². The van der Waals surface area contributed by atoms with E-state index in [1.807, 2.05) is 36.4 Å². The van der Waals surface area contributed by atoms with E-state index in [0.29, 0.717) is 3.57 Å². The Bertz CT molecular complexity index is 441. The summed E-state index contributed by atoms with van der Waals surface area (Å²) >= 11 is 1.91. The van der Waals surface area contributed by atoms with Gasteiger partial charge in [-0.25, -0.2) is 4.98 Å². The Morgan fingerprint density at radius 2 is 2.18 bits per heavy atom. The fourth-order valence-electron chi connectivity index (χ4n) is 1.46. The standard InChI is InChI=1S/C11H16IN3O2/c1-3-8(4-2)14-10(16)6-15-7-13-5-9(12)11(15)17/h5,7-8H,3-4,6H2,1-2H3,(H,14,16). The van der Waals surface area contributed by atoms with Crippen molar-refractivity contribution in [1.29, 1.82) is 0 Å². The van der Waals surface area contributed by atoms with Crippen LogP contribution in [-0.2, 0) is 11.3 Å². The van der Waals surface area contributed by atoms with Gasteiger partial charge >= 0.3 is 0 Å². The Kier molecular flexibility index (Phi) is 5.60. The molecule has 0 saturated carbocycles. The molecule has 17 heavy (non-hydrogen) atoms. The zero-order chi connectivity index (χ0) is 12.8. The molecule has 0 aliphatic carbocycles. The molecule has 0 aliphatic heterocycles. The molecule has 1 N–H and O–H groups in total. The fourth-order valence-corrected chi connectivity index (χ4v) is 1.93. The van der Waals surface area contributed by atoms with Crippen molar-refractivity contribution < 1.29 is 4.79 Å². The van der Waals surface area contributed by atoms with Gasteiger partial charge in [-0.1, -0.05) is 13.8 Å². The highest BCUT2D eigenvalue weighted by Gasteiger charge is 2.10. The molecule has 1 aromatic heterocycles. The van der Waals surface area contributed by atoms with Crippen LogP contribution in [0.25, 0.3) is 0 Å². The van der Waals surface area contributed by atoms with Crippen molar-refractivity contribution in [3.05, 3.63) is 26.4 Å². The van der Waals surface area contributed by atoms with Crippen LogP contribution in [0.2, 0.25) is 0 Å². The predicted octanol–water partition coefficient (Wildman–Crippen LogP) is 1.15. The van der Waals surface area contributed by atoms with Crippen molar-refractivity contribution in [3.8, 4) is 0 Å². The SMILES string of the molecule is CCC(CC)NC(=O)Cn1cncc(I)c1=O. The van der Waals surface area contributed by atoms with E-state index >= 15 is 0 Å². The van der Waals surface area contributed by atoms with Gasteiger partial charge in [0.2, 0.25) is 5.91 Å². The molecule has 0 spiro atoms. The lowest BCUT2D eigenvalue weighted by Crippen LogP contribution is -2.38. The molecule has 0 aliphatic rings. The van der Waals surface area contributed by atoms with E-state index in [1.54, 1.807) is 0 Å². The van der Waals surface area contributed by atoms with Crippen molar-refractivity contribution in [2.75, 3.05) is 0 Å². The maximum Gasteiger partial charge on any atom is 0.267 e. The average Bonchev–Trinajstić information content (AvgIpc) is 2.32. The number of carbonyl (C=O) groups excluding carboxylic acids is 1. The molecule has 94 valence electrons. The van der Waals surface area contributed by atoms with Gasteiger partial charge < -0.3 is 5.32 Å². The minimum absolute atomic E-state index is 0.0270. The predicted molar refractivity (Wildman–Crippen MR) is 73.7 cm³/mol. The van der Waals surface area contributed by atoms with Crippen LogP contribution < -0.4 is 10.9 Å². The summed E-state index contributed by atoms with van der Waals surface area (Å²) in [6.07, 6.45) is 4.65. The Balaban J connectivity index is 2.68. The zero-order valence-electron chi connectivity index (χ0n) is 9.94. The first kappa shape index (κ1) is 14.1. The highest BCUT2D eigenvalue weighted by atomic mass is 127. The number of carbonyl (C=O) groups is 1. The van der Waals surface area contributed by atoms with E-state index in [-0.39, 0.29) is 24.1 Å². The average molecular weight is 349 g/mol. The minimum atomic E-state index is -0.180. The quantitative estimate of drug-likeness (QED) is 0.812. The number of nitrogens with one attached hydrogen (secondary N) is 1. The number of hydrogen-bond acceptors (Lipinski definition) is 3. The second-order valence-electron chi connectivity index (χ2n) is 3.76. The summed E-state index contributed by atoms with van der Waals surface area (Å²) in [5, 5.41) is 2.88. The molecular formula is C11H16IN3O2. The first-order valence-corrected chi connectivity index (χ1v) is 6.65. The third-order valence-electron chi connectivity index (χ3n) is 2.52. The summed E-state index contributed by atoms with van der Waals surface area (Å²) in [6.45, 7) is 4.07. The van der Waals surface area contributed by atoms with Gasteiger partial charge in [0.1, 0.15) is 6.54 Å². The van der Waals surface area contributed by atoms with Gasteiger partial charge in [-0.05, 0) is 35.4 Å². The Morgan fingerprint density at radius 3 is 2.76 bits per heavy atom. The molecule has 1 heterocycles. The van der Waals surface area contributed by atoms with Crippen molar-refractivity contribution in [2.45, 2.75) is 39.3 Å². The Hall–Kier alpha value is -0.920. The summed E-state index contributed by atoms with van der Waals surface area (Å²) in [7, 11) is 0. The van der Waals surface area contributed by atoms with Crippen LogP contribution >= 0.6 is 22.6 Å². The van der Waals surface area contributed by atoms with Crippen LogP contribution in [0.4, 0.5) is 0 Å². The smallest absolute Gasteiger partial charge is 0.267 e. The molecule has 0 radical (unpaired) electrons. The van der Waals surface area contributed by atoms with Crippen molar-refractivity contribution in [1.82, 2.24) is 14.9 Å². The zero-order valence-corrected chi connectivity index (χ0v) is 12.1. The van der Waals surface area contributed by atoms with Gasteiger partial charge in [0, 0.05) is 12.2 Å². The highest BCUT2D eigenvalue weighted by molar-refractivity contribution is 14.1. The highest BCUT2D eigenvalue weighted by Crippen LogP contribution is 1.97. The van der Waals surface area contributed by atoms with Gasteiger partial charge in [0.15, 0.2) is 0 Å². The van der Waals surface area contributed by atoms with Crippen LogP contribution in [0.1, 0.15) is 26.7 Å². The largest absolute Gasteiger partial charge is 0.352 e. The molecule has 0 atom stereocenters. The van der Waals surface area contributed by atoms with Crippen LogP contribution in [-0.4, -0.2) is 21.5 Å². The molecule has 0 unspecified atom stereocenters. The summed E-state index contributed by atoms with van der Waals surface area (Å²) in [4.78, 5) is 27.3. The number of hydrogen-bond donors (Lipinski definition) is 1. The molecule has 0 fully saturated rings. The monoisotopic (exact) mass is 349 g/mol. The first-order valence-electron chi connectivity index (χ1n) is 5.57. The number of nitrogens with zero attached hydrogens (tertiary/aromatic N) is 2. The van der Waals surface area contributed by atoms with E-state index in [1.165, 1.54) is 17.1 Å². The van der Waals surface area contributed by atoms with E-state index in [2.05, 4.69) is 10.3 Å². The summed E-state index contributed by atoms with van der Waals surface area (Å²) < 4.78 is 1.83. The second-order valence-corrected chi connectivity index (χ2v) is 4.92. The van der Waals surface area contributed by atoms with Gasteiger partial charge in [-0.3, -0.25) is 14.2 Å². The third-order valence-corrected chi connectivity index (χ3v) is 3.26. The maximum absolute atomic E-state index is 11.7. The topological polar surface area (TPSA) is 64.0 Å². The molecule has 5 nitrogen and oxygen atoms in total. The molecule has 0 saturated heterocycles. The van der Waals surface area contributed by atoms with Gasteiger partial charge in [0.05, 0.1) is 9.90 Å². The fraction of sp³-hybridized carbons (Fsp3) is 0.545. The van der Waals surface area contributed by atoms with E-state index in [4.69, 9.17) is 0 Å². The van der Waals surface area contributed by atoms with Crippen molar-refractivity contribution in [2.24, 2.45) is 0 Å². The van der Waals surface area contributed by atoms with E-state index < -0.39 is 0 Å². The molecule has 1 rings (SSSR count). The first-order chi connectivity index (χ1) is 8.08. The van der Waals surface area contributed by atoms with Crippen LogP contribution in [0, 0.1) is 3.57 Å². The van der Waals surface area contributed by atoms with Gasteiger partial charge in [-0.15, -0.1) is 0 Å². The lowest BCUT2D eigenvalue weighted by Gasteiger charge is -2.15. The van der Waals surface area contributed by atoms with Crippen molar-refractivity contribution >= 4 is 28.5 Å². The minimum Gasteiger partial charge on any atom is -0.352 e. The number of amides is 1. The lowest BCUT2D eigenvalue weighted by molar-refractivity contribution is -0.122. The molecule has 6 heteroatoms. The van der Waals surface area contributed by atoms with Crippen molar-refractivity contribution in [3.63, 3.8) is 0 Å². The summed E-state index contributed by atoms with van der Waals surface area (Å²) in [6, 6.07) is 0.175. The summed E-state index contributed by atoms with van der Waals surface area (Å²) in [5.74, 6) is -0.149. The maximum atomic E-state index is 11.7. The molecule has 0 bridgehead atoms. The normalized spacial score (nSPS) is 10.6.